The fourth-order valence-corrected chi connectivity index (χ4v) is 4.96. The van der Waals surface area contributed by atoms with Crippen LogP contribution in [0.15, 0.2) is 36.8 Å². The summed E-state index contributed by atoms with van der Waals surface area (Å²) >= 11 is 0. The zero-order valence-electron chi connectivity index (χ0n) is 20.5. The van der Waals surface area contributed by atoms with E-state index >= 15 is 0 Å². The van der Waals surface area contributed by atoms with Crippen molar-refractivity contribution in [1.29, 1.82) is 0 Å². The molecule has 2 bridgehead atoms. The topological polar surface area (TPSA) is 95.5 Å². The van der Waals surface area contributed by atoms with Crippen LogP contribution in [0, 0.1) is 17.8 Å². The fraction of sp³-hybridized carbons (Fsp3) is 0.407. The quantitative estimate of drug-likeness (QED) is 0.546. The van der Waals surface area contributed by atoms with Gasteiger partial charge in [-0.3, -0.25) is 4.79 Å². The van der Waals surface area contributed by atoms with Crippen molar-refractivity contribution >= 4 is 34.0 Å². The van der Waals surface area contributed by atoms with Gasteiger partial charge in [-0.2, -0.15) is 0 Å². The summed E-state index contributed by atoms with van der Waals surface area (Å²) in [6.07, 6.45) is 7.72. The summed E-state index contributed by atoms with van der Waals surface area (Å²) in [4.78, 5) is 30.4. The van der Waals surface area contributed by atoms with Crippen LogP contribution < -0.4 is 15.5 Å². The van der Waals surface area contributed by atoms with Gasteiger partial charge in [0.15, 0.2) is 0 Å². The van der Waals surface area contributed by atoms with Crippen molar-refractivity contribution in [1.82, 2.24) is 19.9 Å². The number of rotatable bonds is 4. The third-order valence-electron chi connectivity index (χ3n) is 6.91. The second-order valence-electron chi connectivity index (χ2n) is 9.81. The maximum atomic E-state index is 12.2. The van der Waals surface area contributed by atoms with E-state index < -0.39 is 0 Å². The Morgan fingerprint density at radius 2 is 1.81 bits per heavy atom. The van der Waals surface area contributed by atoms with Crippen LogP contribution >= 0.6 is 0 Å². The lowest BCUT2D eigenvalue weighted by molar-refractivity contribution is -0.117. The van der Waals surface area contributed by atoms with Crippen molar-refractivity contribution in [3.8, 4) is 11.8 Å². The van der Waals surface area contributed by atoms with E-state index in [4.69, 9.17) is 4.74 Å². The molecule has 1 amide bonds. The summed E-state index contributed by atoms with van der Waals surface area (Å²) in [5, 5.41) is 7.75. The standard InChI is InChI=1S/C27H29N7O2/c1-28-26-24-12-30-25(32-27(35)17-3-4-17)9-23(24)18(10-31-26)5-6-19-7-8-20(11-29-19)34-15-21-13-33(2)14-22(16-34)36-21/h7-12,17,21-22H,3-4,13-16H2,1-2H3,(H,28,31)(H,30,32,35). The smallest absolute Gasteiger partial charge is 0.228 e. The summed E-state index contributed by atoms with van der Waals surface area (Å²) < 4.78 is 6.09. The highest BCUT2D eigenvalue weighted by Crippen LogP contribution is 2.31. The number of carbonyl (C=O) groups is 1. The molecular formula is C27H29N7O2. The number of likely N-dealkylation sites (N-methyl/N-ethyl adjacent to an activating group) is 1. The van der Waals surface area contributed by atoms with E-state index in [0.717, 1.165) is 61.0 Å². The molecule has 0 spiro atoms. The van der Waals surface area contributed by atoms with Crippen molar-refractivity contribution in [2.75, 3.05) is 55.8 Å². The van der Waals surface area contributed by atoms with Crippen LogP contribution in [0.3, 0.4) is 0 Å². The van der Waals surface area contributed by atoms with Crippen LogP contribution in [0.1, 0.15) is 24.1 Å². The van der Waals surface area contributed by atoms with Crippen LogP contribution in [0.5, 0.6) is 0 Å². The second kappa shape index (κ2) is 9.37. The van der Waals surface area contributed by atoms with E-state index in [-0.39, 0.29) is 24.0 Å². The Morgan fingerprint density at radius 1 is 1.00 bits per heavy atom. The molecule has 184 valence electrons. The molecule has 3 aromatic rings. The Balaban J connectivity index is 1.23. The first-order valence-corrected chi connectivity index (χ1v) is 12.4. The molecule has 3 aliphatic rings. The Morgan fingerprint density at radius 3 is 2.50 bits per heavy atom. The number of pyridine rings is 3. The first-order chi connectivity index (χ1) is 17.6. The van der Waals surface area contributed by atoms with Gasteiger partial charge in [0.05, 0.1) is 29.7 Å². The maximum Gasteiger partial charge on any atom is 0.228 e. The molecule has 1 aliphatic carbocycles. The average Bonchev–Trinajstić information content (AvgIpc) is 3.73. The van der Waals surface area contributed by atoms with Crippen LogP contribution in [-0.4, -0.2) is 78.2 Å². The van der Waals surface area contributed by atoms with E-state index in [9.17, 15) is 4.79 Å². The third-order valence-corrected chi connectivity index (χ3v) is 6.91. The minimum Gasteiger partial charge on any atom is -0.373 e. The molecule has 2 unspecified atom stereocenters. The number of nitrogens with one attached hydrogen (secondary N) is 2. The van der Waals surface area contributed by atoms with Gasteiger partial charge < -0.3 is 25.2 Å². The molecule has 9 nitrogen and oxygen atoms in total. The minimum atomic E-state index is 0.0255. The molecule has 6 rings (SSSR count). The number of amides is 1. The molecule has 2 aliphatic heterocycles. The molecule has 2 atom stereocenters. The monoisotopic (exact) mass is 483 g/mol. The summed E-state index contributed by atoms with van der Waals surface area (Å²) in [5.74, 6) is 7.78. The number of morpholine rings is 2. The zero-order valence-corrected chi connectivity index (χ0v) is 20.5. The normalized spacial score (nSPS) is 21.6. The maximum absolute atomic E-state index is 12.2. The predicted octanol–water partition coefficient (Wildman–Crippen LogP) is 2.33. The number of anilines is 3. The van der Waals surface area contributed by atoms with Crippen molar-refractivity contribution in [3.63, 3.8) is 0 Å². The highest BCUT2D eigenvalue weighted by molar-refractivity contribution is 5.99. The molecule has 5 heterocycles. The van der Waals surface area contributed by atoms with Gasteiger partial charge in [-0.05, 0) is 44.0 Å². The minimum absolute atomic E-state index is 0.0255. The SMILES string of the molecule is CNc1ncc(C#Cc2ccc(N3CC4CN(C)CC(C3)O4)cn2)c2cc(NC(=O)C3CC3)ncc12. The van der Waals surface area contributed by atoms with E-state index in [1.807, 2.05) is 25.4 Å². The molecule has 1 saturated carbocycles. The highest BCUT2D eigenvalue weighted by atomic mass is 16.5. The zero-order chi connectivity index (χ0) is 24.6. The van der Waals surface area contributed by atoms with Crippen LogP contribution in [0.25, 0.3) is 10.8 Å². The Kier molecular flexibility index (Phi) is 5.91. The van der Waals surface area contributed by atoms with Crippen LogP contribution in [-0.2, 0) is 9.53 Å². The van der Waals surface area contributed by atoms with Gasteiger partial charge in [0.1, 0.15) is 17.3 Å². The lowest BCUT2D eigenvalue weighted by Crippen LogP contribution is -2.58. The molecule has 3 aromatic heterocycles. The number of hydrogen-bond donors (Lipinski definition) is 2. The predicted molar refractivity (Wildman–Crippen MR) is 139 cm³/mol. The lowest BCUT2D eigenvalue weighted by atomic mass is 10.1. The molecular weight excluding hydrogens is 454 g/mol. The number of ether oxygens (including phenoxy) is 1. The van der Waals surface area contributed by atoms with Gasteiger partial charge in [-0.25, -0.2) is 15.0 Å². The molecule has 36 heavy (non-hydrogen) atoms. The van der Waals surface area contributed by atoms with Crippen LogP contribution in [0.4, 0.5) is 17.3 Å². The van der Waals surface area contributed by atoms with Gasteiger partial charge in [0.2, 0.25) is 5.91 Å². The molecule has 0 aromatic carbocycles. The number of aromatic nitrogens is 3. The summed E-state index contributed by atoms with van der Waals surface area (Å²) in [6.45, 7) is 3.66. The lowest BCUT2D eigenvalue weighted by Gasteiger charge is -2.45. The van der Waals surface area contributed by atoms with E-state index in [0.29, 0.717) is 17.3 Å². The first kappa shape index (κ1) is 22.7. The number of hydrogen-bond acceptors (Lipinski definition) is 8. The third kappa shape index (κ3) is 4.70. The summed E-state index contributed by atoms with van der Waals surface area (Å²) in [5.41, 5.74) is 2.54. The fourth-order valence-electron chi connectivity index (χ4n) is 4.96. The molecule has 2 N–H and O–H groups in total. The Bertz CT molecular complexity index is 1340. The van der Waals surface area contributed by atoms with E-state index in [2.05, 4.69) is 60.3 Å². The van der Waals surface area contributed by atoms with Gasteiger partial charge >= 0.3 is 0 Å². The van der Waals surface area contributed by atoms with Gasteiger partial charge in [-0.15, -0.1) is 0 Å². The Labute approximate surface area is 210 Å². The summed E-state index contributed by atoms with van der Waals surface area (Å²) in [6, 6.07) is 5.91. The van der Waals surface area contributed by atoms with E-state index in [1.165, 1.54) is 0 Å². The van der Waals surface area contributed by atoms with Crippen LogP contribution in [0.2, 0.25) is 0 Å². The second-order valence-corrected chi connectivity index (χ2v) is 9.81. The largest absolute Gasteiger partial charge is 0.373 e. The van der Waals surface area contributed by atoms with Crippen molar-refractivity contribution in [2.45, 2.75) is 25.0 Å². The Hall–Kier alpha value is -3.74. The summed E-state index contributed by atoms with van der Waals surface area (Å²) in [7, 11) is 3.97. The van der Waals surface area contributed by atoms with Gasteiger partial charge in [0, 0.05) is 62.3 Å². The highest BCUT2D eigenvalue weighted by Gasteiger charge is 2.33. The van der Waals surface area contributed by atoms with Crippen molar-refractivity contribution in [3.05, 3.63) is 48.0 Å². The van der Waals surface area contributed by atoms with Gasteiger partial charge in [-0.1, -0.05) is 5.92 Å². The molecule has 0 radical (unpaired) electrons. The van der Waals surface area contributed by atoms with Crippen molar-refractivity contribution in [2.24, 2.45) is 5.92 Å². The van der Waals surface area contributed by atoms with Gasteiger partial charge in [0.25, 0.3) is 0 Å². The number of nitrogens with zero attached hydrogens (tertiary/aromatic N) is 5. The molecule has 9 heteroatoms. The number of fused-ring (bicyclic) bond motifs is 3. The molecule has 3 fully saturated rings. The molecule has 2 saturated heterocycles. The first-order valence-electron chi connectivity index (χ1n) is 12.4. The van der Waals surface area contributed by atoms with E-state index in [1.54, 1.807) is 12.4 Å². The van der Waals surface area contributed by atoms with Crippen molar-refractivity contribution < 1.29 is 9.53 Å². The average molecular weight is 484 g/mol. The number of carbonyl (C=O) groups excluding carboxylic acids is 1.